The van der Waals surface area contributed by atoms with Crippen molar-refractivity contribution in [3.63, 3.8) is 0 Å². The topological polar surface area (TPSA) is 78.4 Å². The van der Waals surface area contributed by atoms with E-state index in [1.54, 1.807) is 0 Å². The third-order valence-electron chi connectivity index (χ3n) is 3.25. The number of carboxylic acids is 1. The van der Waals surface area contributed by atoms with Crippen LogP contribution in [0.4, 0.5) is 10.5 Å². The van der Waals surface area contributed by atoms with E-state index in [4.69, 9.17) is 28.3 Å². The minimum atomic E-state index is -1.24. The van der Waals surface area contributed by atoms with E-state index in [1.165, 1.54) is 12.1 Å². The average Bonchev–Trinajstić information content (AvgIpc) is 2.86. The van der Waals surface area contributed by atoms with Gasteiger partial charge in [-0.1, -0.05) is 36.0 Å². The molecule has 0 heterocycles. The van der Waals surface area contributed by atoms with Crippen LogP contribution in [0.2, 0.25) is 10.0 Å². The summed E-state index contributed by atoms with van der Waals surface area (Å²) < 4.78 is 0. The lowest BCUT2D eigenvalue weighted by Gasteiger charge is -2.15. The van der Waals surface area contributed by atoms with Gasteiger partial charge in [-0.05, 0) is 25.0 Å². The molecule has 3 N–H and O–H groups in total. The Morgan fingerprint density at radius 1 is 1.15 bits per heavy atom. The number of carboxylic acid groups (broad SMARTS) is 1. The van der Waals surface area contributed by atoms with Gasteiger partial charge >= 0.3 is 12.0 Å². The van der Waals surface area contributed by atoms with E-state index in [1.807, 2.05) is 0 Å². The number of carbonyl (C=O) groups excluding carboxylic acids is 1. The number of carbonyl (C=O) groups is 2. The number of rotatable bonds is 3. The Morgan fingerprint density at radius 3 is 2.35 bits per heavy atom. The van der Waals surface area contributed by atoms with Gasteiger partial charge in [0.2, 0.25) is 0 Å². The van der Waals surface area contributed by atoms with E-state index >= 15 is 0 Å². The predicted molar refractivity (Wildman–Crippen MR) is 77.8 cm³/mol. The van der Waals surface area contributed by atoms with Gasteiger partial charge in [0.15, 0.2) is 0 Å². The van der Waals surface area contributed by atoms with E-state index in [0.29, 0.717) is 0 Å². The summed E-state index contributed by atoms with van der Waals surface area (Å²) >= 11 is 11.8. The highest BCUT2D eigenvalue weighted by Crippen LogP contribution is 2.32. The number of aromatic carboxylic acids is 1. The van der Waals surface area contributed by atoms with E-state index < -0.39 is 12.0 Å². The van der Waals surface area contributed by atoms with Crippen molar-refractivity contribution in [2.45, 2.75) is 31.7 Å². The number of anilines is 1. The molecule has 2 amide bonds. The van der Waals surface area contributed by atoms with Crippen molar-refractivity contribution in [3.05, 3.63) is 27.7 Å². The largest absolute Gasteiger partial charge is 0.478 e. The molecule has 0 aromatic heterocycles. The minimum absolute atomic E-state index is 0.0159. The molecule has 1 aromatic rings. The van der Waals surface area contributed by atoms with Gasteiger partial charge in [0, 0.05) is 6.04 Å². The van der Waals surface area contributed by atoms with Crippen molar-refractivity contribution in [1.29, 1.82) is 0 Å². The van der Waals surface area contributed by atoms with Gasteiger partial charge in [-0.15, -0.1) is 0 Å². The molecule has 0 bridgehead atoms. The molecule has 0 radical (unpaired) electrons. The normalized spacial score (nSPS) is 15.1. The average molecular weight is 317 g/mol. The second-order valence-corrected chi connectivity index (χ2v) is 5.48. The maximum atomic E-state index is 11.9. The summed E-state index contributed by atoms with van der Waals surface area (Å²) in [6.45, 7) is 0. The molecule has 7 heteroatoms. The fraction of sp³-hybridized carbons (Fsp3) is 0.385. The smallest absolute Gasteiger partial charge is 0.339 e. The van der Waals surface area contributed by atoms with Gasteiger partial charge in [-0.2, -0.15) is 0 Å². The first kappa shape index (κ1) is 14.9. The van der Waals surface area contributed by atoms with E-state index in [0.717, 1.165) is 25.7 Å². The maximum Gasteiger partial charge on any atom is 0.339 e. The highest BCUT2D eigenvalue weighted by atomic mass is 35.5. The van der Waals surface area contributed by atoms with Crippen LogP contribution in [0.3, 0.4) is 0 Å². The molecule has 20 heavy (non-hydrogen) atoms. The number of hydrogen-bond acceptors (Lipinski definition) is 2. The van der Waals surface area contributed by atoms with Gasteiger partial charge in [-0.25, -0.2) is 9.59 Å². The van der Waals surface area contributed by atoms with Gasteiger partial charge in [0.25, 0.3) is 0 Å². The number of hydrogen-bond donors (Lipinski definition) is 3. The molecule has 0 atom stereocenters. The number of nitrogens with one attached hydrogen (secondary N) is 2. The molecule has 2 rings (SSSR count). The quantitative estimate of drug-likeness (QED) is 0.794. The molecular formula is C13H14Cl2N2O3. The molecule has 0 spiro atoms. The Labute approximate surface area is 126 Å². The van der Waals surface area contributed by atoms with Crippen LogP contribution in [-0.4, -0.2) is 23.1 Å². The third kappa shape index (κ3) is 3.35. The molecule has 0 saturated heterocycles. The molecule has 5 nitrogen and oxygen atoms in total. The molecule has 0 aliphatic heterocycles. The number of urea groups is 1. The lowest BCUT2D eigenvalue weighted by Crippen LogP contribution is -2.36. The predicted octanol–water partition coefficient (Wildman–Crippen LogP) is 3.76. The molecule has 1 aliphatic carbocycles. The number of halogens is 2. The van der Waals surface area contributed by atoms with Crippen LogP contribution in [-0.2, 0) is 0 Å². The lowest BCUT2D eigenvalue weighted by molar-refractivity contribution is 0.0698. The number of amides is 2. The number of benzene rings is 1. The van der Waals surface area contributed by atoms with Crippen molar-refractivity contribution in [1.82, 2.24) is 5.32 Å². The molecule has 1 saturated carbocycles. The first-order valence-electron chi connectivity index (χ1n) is 6.28. The van der Waals surface area contributed by atoms with Crippen molar-refractivity contribution >= 4 is 40.9 Å². The van der Waals surface area contributed by atoms with Crippen molar-refractivity contribution in [3.8, 4) is 0 Å². The van der Waals surface area contributed by atoms with Crippen LogP contribution >= 0.6 is 23.2 Å². The zero-order valence-corrected chi connectivity index (χ0v) is 12.1. The fourth-order valence-corrected chi connectivity index (χ4v) is 2.73. The maximum absolute atomic E-state index is 11.9. The molecule has 0 unspecified atom stereocenters. The molecule has 1 aromatic carbocycles. The van der Waals surface area contributed by atoms with Crippen LogP contribution in [0.25, 0.3) is 0 Å². The van der Waals surface area contributed by atoms with Crippen molar-refractivity contribution < 1.29 is 14.7 Å². The van der Waals surface area contributed by atoms with E-state index in [9.17, 15) is 9.59 Å². The zero-order chi connectivity index (χ0) is 14.7. The van der Waals surface area contributed by atoms with E-state index in [-0.39, 0.29) is 27.3 Å². The summed E-state index contributed by atoms with van der Waals surface area (Å²) in [6.07, 6.45) is 4.04. The standard InChI is InChI=1S/C13H14Cl2N2O3/c14-8-5-6-9(15)11(10(8)12(18)19)17-13(20)16-7-3-1-2-4-7/h5-7H,1-4H2,(H,18,19)(H2,16,17,20). The summed E-state index contributed by atoms with van der Waals surface area (Å²) in [5.74, 6) is -1.24. The summed E-state index contributed by atoms with van der Waals surface area (Å²) in [4.78, 5) is 23.1. The first-order chi connectivity index (χ1) is 9.49. The van der Waals surface area contributed by atoms with Crippen LogP contribution < -0.4 is 10.6 Å². The van der Waals surface area contributed by atoms with Gasteiger partial charge < -0.3 is 15.7 Å². The fourth-order valence-electron chi connectivity index (χ4n) is 2.29. The molecule has 108 valence electrons. The Kier molecular flexibility index (Phi) is 4.73. The molecular weight excluding hydrogens is 303 g/mol. The second kappa shape index (κ2) is 6.33. The van der Waals surface area contributed by atoms with Gasteiger partial charge in [0.05, 0.1) is 15.7 Å². The minimum Gasteiger partial charge on any atom is -0.478 e. The zero-order valence-electron chi connectivity index (χ0n) is 10.6. The summed E-state index contributed by atoms with van der Waals surface area (Å²) in [5, 5.41) is 14.6. The third-order valence-corrected chi connectivity index (χ3v) is 3.88. The highest BCUT2D eigenvalue weighted by Gasteiger charge is 2.22. The monoisotopic (exact) mass is 316 g/mol. The Balaban J connectivity index is 2.17. The van der Waals surface area contributed by atoms with Crippen molar-refractivity contribution in [2.75, 3.05) is 5.32 Å². The van der Waals surface area contributed by atoms with Crippen molar-refractivity contribution in [2.24, 2.45) is 0 Å². The SMILES string of the molecule is O=C(Nc1c(Cl)ccc(Cl)c1C(=O)O)NC1CCCC1. The summed E-state index contributed by atoms with van der Waals surface area (Å²) in [7, 11) is 0. The van der Waals surface area contributed by atoms with Gasteiger partial charge in [0.1, 0.15) is 5.56 Å². The van der Waals surface area contributed by atoms with Crippen LogP contribution in [0, 0.1) is 0 Å². The Bertz CT molecular complexity index is 543. The second-order valence-electron chi connectivity index (χ2n) is 4.66. The summed E-state index contributed by atoms with van der Waals surface area (Å²) in [6, 6.07) is 2.49. The Hall–Kier alpha value is -1.46. The Morgan fingerprint density at radius 2 is 1.75 bits per heavy atom. The summed E-state index contributed by atoms with van der Waals surface area (Å²) in [5.41, 5.74) is -0.192. The molecule has 1 fully saturated rings. The first-order valence-corrected chi connectivity index (χ1v) is 7.03. The van der Waals surface area contributed by atoms with Crippen LogP contribution in [0.1, 0.15) is 36.0 Å². The van der Waals surface area contributed by atoms with Crippen LogP contribution in [0.15, 0.2) is 12.1 Å². The van der Waals surface area contributed by atoms with E-state index in [2.05, 4.69) is 10.6 Å². The highest BCUT2D eigenvalue weighted by molar-refractivity contribution is 6.38. The molecule has 1 aliphatic rings. The van der Waals surface area contributed by atoms with Crippen LogP contribution in [0.5, 0.6) is 0 Å². The van der Waals surface area contributed by atoms with Gasteiger partial charge in [-0.3, -0.25) is 0 Å². The lowest BCUT2D eigenvalue weighted by atomic mass is 10.1.